The van der Waals surface area contributed by atoms with Crippen LogP contribution in [0.3, 0.4) is 0 Å². The van der Waals surface area contributed by atoms with Crippen LogP contribution in [0.2, 0.25) is 0 Å². The van der Waals surface area contributed by atoms with Crippen LogP contribution in [-0.2, 0) is 20.0 Å². The summed E-state index contributed by atoms with van der Waals surface area (Å²) in [7, 11) is -7.13. The molecule has 1 aliphatic heterocycles. The van der Waals surface area contributed by atoms with Crippen LogP contribution in [0.1, 0.15) is 12.8 Å². The first-order valence-electron chi connectivity index (χ1n) is 6.63. The molecular weight excluding hydrogens is 479 g/mol. The molecule has 1 aromatic rings. The van der Waals surface area contributed by atoms with E-state index in [1.54, 1.807) is 0 Å². The van der Waals surface area contributed by atoms with E-state index >= 15 is 0 Å². The van der Waals surface area contributed by atoms with Gasteiger partial charge in [-0.1, -0.05) is 0 Å². The van der Waals surface area contributed by atoms with Crippen molar-refractivity contribution in [3.05, 3.63) is 26.9 Å². The Morgan fingerprint density at radius 1 is 1.13 bits per heavy atom. The summed E-state index contributed by atoms with van der Waals surface area (Å²) in [6.07, 6.45) is 1.88. The molecule has 0 atom stereocenters. The Morgan fingerprint density at radius 2 is 1.61 bits per heavy atom. The molecule has 0 unspecified atom stereocenters. The van der Waals surface area contributed by atoms with Gasteiger partial charge in [-0.15, -0.1) is 0 Å². The van der Waals surface area contributed by atoms with Gasteiger partial charge in [0.05, 0.1) is 6.26 Å². The lowest BCUT2D eigenvalue weighted by Crippen LogP contribution is -2.46. The van der Waals surface area contributed by atoms with Crippen molar-refractivity contribution in [3.63, 3.8) is 0 Å². The number of hydrogen-bond acceptors (Lipinski definition) is 4. The number of hydrogen-bond donors (Lipinski definition) is 1. The van der Waals surface area contributed by atoms with Gasteiger partial charge in [-0.3, -0.25) is 0 Å². The highest BCUT2D eigenvalue weighted by atomic mass is 79.9. The third-order valence-corrected chi connectivity index (χ3v) is 8.18. The number of piperidine rings is 1. The molecule has 6 nitrogen and oxygen atoms in total. The minimum atomic E-state index is -3.87. The molecule has 1 aromatic carbocycles. The molecule has 0 saturated carbocycles. The zero-order valence-corrected chi connectivity index (χ0v) is 16.9. The molecule has 1 aliphatic rings. The van der Waals surface area contributed by atoms with Gasteiger partial charge >= 0.3 is 0 Å². The first kappa shape index (κ1) is 19.3. The maximum Gasteiger partial charge on any atom is 0.243 e. The molecule has 1 fully saturated rings. The second-order valence-corrected chi connectivity index (χ2v) is 10.6. The number of benzene rings is 1. The number of halogens is 3. The van der Waals surface area contributed by atoms with Gasteiger partial charge in [0.15, 0.2) is 0 Å². The minimum Gasteiger partial charge on any atom is -0.213 e. The van der Waals surface area contributed by atoms with E-state index in [2.05, 4.69) is 36.6 Å². The first-order chi connectivity index (χ1) is 10.5. The predicted octanol–water partition coefficient (Wildman–Crippen LogP) is 2.05. The molecular formula is C12H15Br2FN2O4S2. The smallest absolute Gasteiger partial charge is 0.213 e. The lowest BCUT2D eigenvalue weighted by molar-refractivity contribution is 0.310. The van der Waals surface area contributed by atoms with Gasteiger partial charge < -0.3 is 0 Å². The maximum absolute atomic E-state index is 13.3. The van der Waals surface area contributed by atoms with Crippen molar-refractivity contribution in [2.45, 2.75) is 23.8 Å². The van der Waals surface area contributed by atoms with Crippen LogP contribution >= 0.6 is 31.9 Å². The predicted molar refractivity (Wildman–Crippen MR) is 91.6 cm³/mol. The Bertz CT molecular complexity index is 783. The van der Waals surface area contributed by atoms with Gasteiger partial charge in [0.1, 0.15) is 10.7 Å². The minimum absolute atomic E-state index is 0.0792. The van der Waals surface area contributed by atoms with E-state index in [0.29, 0.717) is 12.8 Å². The van der Waals surface area contributed by atoms with E-state index in [-0.39, 0.29) is 33.0 Å². The summed E-state index contributed by atoms with van der Waals surface area (Å²) < 4.78 is 65.3. The monoisotopic (exact) mass is 492 g/mol. The van der Waals surface area contributed by atoms with Crippen molar-refractivity contribution in [2.75, 3.05) is 19.3 Å². The van der Waals surface area contributed by atoms with E-state index in [4.69, 9.17) is 0 Å². The van der Waals surface area contributed by atoms with Crippen LogP contribution in [0.4, 0.5) is 4.39 Å². The standard InChI is InChI=1S/C12H15Br2FN2O4S2/c1-22(18,19)17-4-2-9(3-5-17)16-23(20,21)12-10(13)6-8(15)7-11(12)14/h6-7,9,16H,2-5H2,1H3. The zero-order valence-electron chi connectivity index (χ0n) is 12.1. The van der Waals surface area contributed by atoms with Gasteiger partial charge in [-0.05, 0) is 56.8 Å². The van der Waals surface area contributed by atoms with Crippen LogP contribution in [-0.4, -0.2) is 46.5 Å². The Morgan fingerprint density at radius 3 is 2.04 bits per heavy atom. The topological polar surface area (TPSA) is 83.6 Å². The van der Waals surface area contributed by atoms with Crippen molar-refractivity contribution >= 4 is 51.9 Å². The Labute approximate surface area is 151 Å². The van der Waals surface area contributed by atoms with Crippen molar-refractivity contribution in [2.24, 2.45) is 0 Å². The molecule has 1 saturated heterocycles. The van der Waals surface area contributed by atoms with E-state index in [1.165, 1.54) is 4.31 Å². The molecule has 0 spiro atoms. The molecule has 1 heterocycles. The van der Waals surface area contributed by atoms with Crippen LogP contribution in [0.25, 0.3) is 0 Å². The largest absolute Gasteiger partial charge is 0.243 e. The fraction of sp³-hybridized carbons (Fsp3) is 0.500. The second-order valence-electron chi connectivity index (χ2n) is 5.26. The fourth-order valence-electron chi connectivity index (χ4n) is 2.37. The highest BCUT2D eigenvalue weighted by Gasteiger charge is 2.30. The molecule has 0 amide bonds. The van der Waals surface area contributed by atoms with Crippen molar-refractivity contribution in [3.8, 4) is 0 Å². The Kier molecular flexibility index (Phi) is 5.90. The summed E-state index contributed by atoms with van der Waals surface area (Å²) in [6.45, 7) is 0.523. The third-order valence-electron chi connectivity index (χ3n) is 3.48. The third kappa shape index (κ3) is 4.73. The van der Waals surface area contributed by atoms with Crippen LogP contribution in [0.5, 0.6) is 0 Å². The van der Waals surface area contributed by atoms with Gasteiger partial charge in [-0.2, -0.15) is 0 Å². The lowest BCUT2D eigenvalue weighted by atomic mass is 10.1. The highest BCUT2D eigenvalue weighted by Crippen LogP contribution is 2.31. The van der Waals surface area contributed by atoms with Gasteiger partial charge in [0.2, 0.25) is 20.0 Å². The number of nitrogens with one attached hydrogen (secondary N) is 1. The van der Waals surface area contributed by atoms with E-state index in [9.17, 15) is 21.2 Å². The molecule has 1 N–H and O–H groups in total. The summed E-state index contributed by atoms with van der Waals surface area (Å²) in [5, 5.41) is 0. The average molecular weight is 494 g/mol. The molecule has 130 valence electrons. The maximum atomic E-state index is 13.3. The molecule has 0 aliphatic carbocycles. The second kappa shape index (κ2) is 7.04. The molecule has 23 heavy (non-hydrogen) atoms. The normalized spacial score (nSPS) is 18.3. The van der Waals surface area contributed by atoms with Crippen LogP contribution < -0.4 is 4.72 Å². The lowest BCUT2D eigenvalue weighted by Gasteiger charge is -2.30. The van der Waals surface area contributed by atoms with Gasteiger partial charge in [0, 0.05) is 28.1 Å². The molecule has 2 rings (SSSR count). The summed E-state index contributed by atoms with van der Waals surface area (Å²) in [6, 6.07) is 1.78. The van der Waals surface area contributed by atoms with Gasteiger partial charge in [0.25, 0.3) is 0 Å². The zero-order chi connectivity index (χ0) is 17.4. The summed E-state index contributed by atoms with van der Waals surface area (Å²) in [5.74, 6) is -0.566. The quantitative estimate of drug-likeness (QED) is 0.695. The highest BCUT2D eigenvalue weighted by molar-refractivity contribution is 9.11. The SMILES string of the molecule is CS(=O)(=O)N1CCC(NS(=O)(=O)c2c(Br)cc(F)cc2Br)CC1. The van der Waals surface area contributed by atoms with Crippen molar-refractivity contribution in [1.82, 2.24) is 9.03 Å². The van der Waals surface area contributed by atoms with Gasteiger partial charge in [-0.25, -0.2) is 30.3 Å². The van der Waals surface area contributed by atoms with Crippen LogP contribution in [0.15, 0.2) is 26.0 Å². The number of sulfonamides is 2. The van der Waals surface area contributed by atoms with Crippen molar-refractivity contribution in [1.29, 1.82) is 0 Å². The summed E-state index contributed by atoms with van der Waals surface area (Å²) in [4.78, 5) is -0.0792. The number of rotatable bonds is 4. The van der Waals surface area contributed by atoms with Crippen LogP contribution in [0, 0.1) is 5.82 Å². The Hall–Kier alpha value is -0.0700. The van der Waals surface area contributed by atoms with E-state index in [0.717, 1.165) is 18.4 Å². The molecule has 0 radical (unpaired) electrons. The molecule has 0 aromatic heterocycles. The van der Waals surface area contributed by atoms with Crippen molar-refractivity contribution < 1.29 is 21.2 Å². The first-order valence-corrected chi connectivity index (χ1v) is 11.5. The summed E-state index contributed by atoms with van der Waals surface area (Å²) in [5.41, 5.74) is 0. The van der Waals surface area contributed by atoms with E-state index in [1.807, 2.05) is 0 Å². The fourth-order valence-corrected chi connectivity index (χ4v) is 7.08. The number of nitrogens with zero attached hydrogens (tertiary/aromatic N) is 1. The molecule has 11 heteroatoms. The Balaban J connectivity index is 2.15. The summed E-state index contributed by atoms with van der Waals surface area (Å²) >= 11 is 6.12. The van der Waals surface area contributed by atoms with E-state index < -0.39 is 25.9 Å². The average Bonchev–Trinajstić information content (AvgIpc) is 2.35. The molecule has 0 bridgehead atoms.